The topological polar surface area (TPSA) is 99.8 Å². The quantitative estimate of drug-likeness (QED) is 0.717. The first-order chi connectivity index (χ1) is 11.2. The summed E-state index contributed by atoms with van der Waals surface area (Å²) in [6.07, 6.45) is 1.60. The minimum Gasteiger partial charge on any atom is -0.493 e. The van der Waals surface area contributed by atoms with Gasteiger partial charge < -0.3 is 9.47 Å². The van der Waals surface area contributed by atoms with Crippen LogP contribution in [0.1, 0.15) is 12.5 Å². The van der Waals surface area contributed by atoms with Crippen molar-refractivity contribution in [3.63, 3.8) is 0 Å². The molecule has 0 atom stereocenters. The van der Waals surface area contributed by atoms with Crippen LogP contribution in [0.4, 0.5) is 0 Å². The molecule has 23 heavy (non-hydrogen) atoms. The number of hydrogen-bond donors (Lipinski definition) is 1. The van der Waals surface area contributed by atoms with Gasteiger partial charge in [0.2, 0.25) is 5.88 Å². The van der Waals surface area contributed by atoms with E-state index >= 15 is 0 Å². The highest BCUT2D eigenvalue weighted by Crippen LogP contribution is 2.26. The maximum atomic E-state index is 12.1. The molecule has 1 N–H and O–H groups in total. The Hall–Kier alpha value is -3.10. The lowest BCUT2D eigenvalue weighted by Crippen LogP contribution is -2.23. The molecule has 0 aliphatic carbocycles. The van der Waals surface area contributed by atoms with Gasteiger partial charge >= 0.3 is 5.69 Å². The summed E-state index contributed by atoms with van der Waals surface area (Å²) in [5.41, 5.74) is 0.918. The average Bonchev–Trinajstić information content (AvgIpc) is 3.18. The Balaban J connectivity index is 2.02. The number of hydrogen-bond acceptors (Lipinski definition) is 6. The van der Waals surface area contributed by atoms with Crippen molar-refractivity contribution in [1.29, 1.82) is 0 Å². The number of aromatic amines is 1. The zero-order chi connectivity index (χ0) is 16.2. The van der Waals surface area contributed by atoms with Crippen LogP contribution < -0.4 is 15.2 Å². The van der Waals surface area contributed by atoms with Gasteiger partial charge in [0.1, 0.15) is 12.4 Å². The number of benzene rings is 1. The zero-order valence-corrected chi connectivity index (χ0v) is 12.8. The SMILES string of the molecule is CCOc1cccc(-n2nnn(C)c2=O)c1COc1ccn[nH]1. The van der Waals surface area contributed by atoms with E-state index in [9.17, 15) is 4.79 Å². The predicted octanol–water partition coefficient (Wildman–Crippen LogP) is 0.667. The molecule has 0 fully saturated rings. The fourth-order valence-electron chi connectivity index (χ4n) is 2.13. The van der Waals surface area contributed by atoms with Gasteiger partial charge in [-0.3, -0.25) is 0 Å². The van der Waals surface area contributed by atoms with Crippen LogP contribution in [0.5, 0.6) is 11.6 Å². The third-order valence-corrected chi connectivity index (χ3v) is 3.21. The van der Waals surface area contributed by atoms with E-state index in [2.05, 4.69) is 20.6 Å². The number of aromatic nitrogens is 6. The maximum Gasteiger partial charge on any atom is 0.368 e. The van der Waals surface area contributed by atoms with Crippen LogP contribution in [0.3, 0.4) is 0 Å². The molecule has 0 saturated heterocycles. The fraction of sp³-hybridized carbons (Fsp3) is 0.286. The van der Waals surface area contributed by atoms with E-state index < -0.39 is 0 Å². The van der Waals surface area contributed by atoms with Crippen LogP contribution in [-0.2, 0) is 13.7 Å². The first-order valence-electron chi connectivity index (χ1n) is 7.07. The van der Waals surface area contributed by atoms with Gasteiger partial charge in [0.25, 0.3) is 0 Å². The van der Waals surface area contributed by atoms with Crippen molar-refractivity contribution in [3.05, 3.63) is 46.5 Å². The van der Waals surface area contributed by atoms with Gasteiger partial charge in [-0.1, -0.05) is 6.07 Å². The Morgan fingerprint density at radius 3 is 2.74 bits per heavy atom. The van der Waals surface area contributed by atoms with Crippen LogP contribution in [0.15, 0.2) is 35.3 Å². The summed E-state index contributed by atoms with van der Waals surface area (Å²) < 4.78 is 13.7. The van der Waals surface area contributed by atoms with Gasteiger partial charge in [-0.25, -0.2) is 9.89 Å². The van der Waals surface area contributed by atoms with Crippen molar-refractivity contribution in [1.82, 2.24) is 30.0 Å². The highest BCUT2D eigenvalue weighted by atomic mass is 16.5. The maximum absolute atomic E-state index is 12.1. The molecule has 0 aliphatic rings. The molecule has 2 heterocycles. The molecule has 0 radical (unpaired) electrons. The average molecular weight is 316 g/mol. The number of rotatable bonds is 6. The van der Waals surface area contributed by atoms with Crippen molar-refractivity contribution < 1.29 is 9.47 Å². The van der Waals surface area contributed by atoms with E-state index in [1.165, 1.54) is 4.68 Å². The van der Waals surface area contributed by atoms with Crippen LogP contribution in [0, 0.1) is 0 Å². The third-order valence-electron chi connectivity index (χ3n) is 3.21. The molecule has 0 bridgehead atoms. The Kier molecular flexibility index (Phi) is 4.09. The standard InChI is InChI=1S/C14H16N6O3/c1-3-22-12-6-4-5-11(20-14(21)19(2)17-18-20)10(12)9-23-13-7-8-15-16-13/h4-8H,3,9H2,1-2H3,(H,15,16). The normalized spacial score (nSPS) is 10.7. The van der Waals surface area contributed by atoms with Crippen molar-refractivity contribution in [2.75, 3.05) is 6.61 Å². The van der Waals surface area contributed by atoms with Gasteiger partial charge in [-0.2, -0.15) is 14.5 Å². The van der Waals surface area contributed by atoms with Crippen LogP contribution in [0.2, 0.25) is 0 Å². The lowest BCUT2D eigenvalue weighted by Gasteiger charge is -2.14. The minimum absolute atomic E-state index is 0.191. The number of nitrogens with zero attached hydrogens (tertiary/aromatic N) is 5. The predicted molar refractivity (Wildman–Crippen MR) is 80.7 cm³/mol. The smallest absolute Gasteiger partial charge is 0.368 e. The molecule has 0 unspecified atom stereocenters. The van der Waals surface area contributed by atoms with Crippen LogP contribution in [0.25, 0.3) is 5.69 Å². The monoisotopic (exact) mass is 316 g/mol. The van der Waals surface area contributed by atoms with E-state index in [-0.39, 0.29) is 12.3 Å². The summed E-state index contributed by atoms with van der Waals surface area (Å²) in [5.74, 6) is 1.15. The second kappa shape index (κ2) is 6.34. The van der Waals surface area contributed by atoms with Gasteiger partial charge in [-0.05, 0) is 29.5 Å². The first kappa shape index (κ1) is 14.8. The summed E-state index contributed by atoms with van der Waals surface area (Å²) in [5, 5.41) is 14.2. The van der Waals surface area contributed by atoms with Crippen molar-refractivity contribution in [2.24, 2.45) is 7.05 Å². The molecule has 120 valence electrons. The molecule has 2 aromatic heterocycles. The number of ether oxygens (including phenoxy) is 2. The number of H-pyrrole nitrogens is 1. The summed E-state index contributed by atoms with van der Waals surface area (Å²) in [4.78, 5) is 12.1. The van der Waals surface area contributed by atoms with E-state index in [1.807, 2.05) is 13.0 Å². The minimum atomic E-state index is -0.346. The Morgan fingerprint density at radius 1 is 1.22 bits per heavy atom. The van der Waals surface area contributed by atoms with Gasteiger partial charge in [0, 0.05) is 13.1 Å². The summed E-state index contributed by atoms with van der Waals surface area (Å²) >= 11 is 0. The molecule has 0 amide bonds. The van der Waals surface area contributed by atoms with Crippen LogP contribution in [-0.4, -0.2) is 36.6 Å². The Labute approximate surface area is 131 Å². The Morgan fingerprint density at radius 2 is 2.09 bits per heavy atom. The van der Waals surface area contributed by atoms with Crippen molar-refractivity contribution in [2.45, 2.75) is 13.5 Å². The van der Waals surface area contributed by atoms with Crippen molar-refractivity contribution in [3.8, 4) is 17.3 Å². The van der Waals surface area contributed by atoms with Gasteiger partial charge in [-0.15, -0.1) is 0 Å². The first-order valence-corrected chi connectivity index (χ1v) is 7.07. The number of nitrogens with one attached hydrogen (secondary N) is 1. The second-order valence-electron chi connectivity index (χ2n) is 4.69. The molecule has 3 rings (SSSR count). The lowest BCUT2D eigenvalue weighted by atomic mass is 10.1. The zero-order valence-electron chi connectivity index (χ0n) is 12.8. The highest BCUT2D eigenvalue weighted by molar-refractivity contribution is 5.49. The van der Waals surface area contributed by atoms with Crippen LogP contribution >= 0.6 is 0 Å². The summed E-state index contributed by atoms with van der Waals surface area (Å²) in [6, 6.07) is 7.09. The summed E-state index contributed by atoms with van der Waals surface area (Å²) in [6.45, 7) is 2.58. The molecule has 1 aromatic carbocycles. The molecule has 3 aromatic rings. The molecular formula is C14H16N6O3. The third kappa shape index (κ3) is 2.93. The number of aryl methyl sites for hydroxylation is 1. The fourth-order valence-corrected chi connectivity index (χ4v) is 2.13. The molecular weight excluding hydrogens is 300 g/mol. The largest absolute Gasteiger partial charge is 0.493 e. The number of tetrazole rings is 1. The molecule has 0 aliphatic heterocycles. The van der Waals surface area contributed by atoms with E-state index in [1.54, 1.807) is 31.4 Å². The van der Waals surface area contributed by atoms with E-state index in [0.717, 1.165) is 4.68 Å². The lowest BCUT2D eigenvalue weighted by molar-refractivity contribution is 0.276. The molecule has 0 saturated carbocycles. The second-order valence-corrected chi connectivity index (χ2v) is 4.69. The summed E-state index contributed by atoms with van der Waals surface area (Å²) in [7, 11) is 1.54. The van der Waals surface area contributed by atoms with Gasteiger partial charge in [0.15, 0.2) is 0 Å². The van der Waals surface area contributed by atoms with Crippen molar-refractivity contribution >= 4 is 0 Å². The van der Waals surface area contributed by atoms with Gasteiger partial charge in [0.05, 0.1) is 24.1 Å². The highest BCUT2D eigenvalue weighted by Gasteiger charge is 2.16. The molecule has 9 heteroatoms. The van der Waals surface area contributed by atoms with E-state index in [4.69, 9.17) is 9.47 Å². The Bertz CT molecular complexity index is 837. The molecule has 0 spiro atoms. The molecule has 9 nitrogen and oxygen atoms in total. The van der Waals surface area contributed by atoms with E-state index in [0.29, 0.717) is 29.5 Å².